The summed E-state index contributed by atoms with van der Waals surface area (Å²) in [7, 11) is 0. The van der Waals surface area contributed by atoms with Crippen molar-refractivity contribution in [3.63, 3.8) is 0 Å². The molecule has 1 aliphatic rings. The summed E-state index contributed by atoms with van der Waals surface area (Å²) in [5, 5.41) is 11.9. The van der Waals surface area contributed by atoms with Gasteiger partial charge in [-0.1, -0.05) is 19.9 Å². The van der Waals surface area contributed by atoms with Gasteiger partial charge in [0.05, 0.1) is 0 Å². The van der Waals surface area contributed by atoms with Gasteiger partial charge in [-0.3, -0.25) is 0 Å². The molecule has 0 aromatic heterocycles. The van der Waals surface area contributed by atoms with Gasteiger partial charge in [0.1, 0.15) is 0 Å². The van der Waals surface area contributed by atoms with E-state index in [4.69, 9.17) is 5.11 Å². The van der Waals surface area contributed by atoms with Crippen LogP contribution >= 0.6 is 0 Å². The molecule has 1 aliphatic heterocycles. The van der Waals surface area contributed by atoms with Gasteiger partial charge in [0.2, 0.25) is 0 Å². The summed E-state index contributed by atoms with van der Waals surface area (Å²) in [4.78, 5) is 10.6. The number of carbonyl (C=O) groups is 1. The first-order valence-corrected chi connectivity index (χ1v) is 4.75. The third kappa shape index (κ3) is 3.19. The molecule has 74 valence electrons. The molecule has 2 N–H and O–H groups in total. The molecule has 1 rings (SSSR count). The molecule has 0 saturated heterocycles. The van der Waals surface area contributed by atoms with Crippen LogP contribution in [0.2, 0.25) is 0 Å². The molecule has 13 heavy (non-hydrogen) atoms. The summed E-state index contributed by atoms with van der Waals surface area (Å²) in [5.74, 6) is -0.132. The lowest BCUT2D eigenvalue weighted by Crippen LogP contribution is -2.36. The lowest BCUT2D eigenvalue weighted by Gasteiger charge is -2.23. The molecule has 1 atom stereocenters. The first-order chi connectivity index (χ1) is 6.09. The van der Waals surface area contributed by atoms with Crippen LogP contribution in [0.1, 0.15) is 26.7 Å². The van der Waals surface area contributed by atoms with E-state index in [2.05, 4.69) is 19.2 Å². The fourth-order valence-electron chi connectivity index (χ4n) is 1.61. The van der Waals surface area contributed by atoms with E-state index in [0.717, 1.165) is 12.8 Å². The normalized spacial score (nSPS) is 23.0. The summed E-state index contributed by atoms with van der Waals surface area (Å²) in [5.41, 5.74) is 0.500. The van der Waals surface area contributed by atoms with E-state index in [1.807, 2.05) is 6.08 Å². The summed E-state index contributed by atoms with van der Waals surface area (Å²) in [6, 6.07) is 0.461. The second kappa shape index (κ2) is 4.42. The second-order valence-corrected chi connectivity index (χ2v) is 3.98. The maximum atomic E-state index is 10.6. The van der Waals surface area contributed by atoms with E-state index < -0.39 is 5.97 Å². The SMILES string of the molecule is CC(C)CC1CC=C(C(=O)O)CN1. The predicted octanol–water partition coefficient (Wildman–Crippen LogP) is 1.41. The van der Waals surface area contributed by atoms with Gasteiger partial charge >= 0.3 is 5.97 Å². The Hall–Kier alpha value is -0.830. The number of carboxylic acids is 1. The molecular weight excluding hydrogens is 166 g/mol. The molecular formula is C10H17NO2. The van der Waals surface area contributed by atoms with Crippen LogP contribution < -0.4 is 5.32 Å². The highest BCUT2D eigenvalue weighted by Gasteiger charge is 2.17. The van der Waals surface area contributed by atoms with E-state index in [1.54, 1.807) is 0 Å². The Morgan fingerprint density at radius 2 is 2.46 bits per heavy atom. The molecule has 1 heterocycles. The van der Waals surface area contributed by atoms with E-state index in [1.165, 1.54) is 0 Å². The Balaban J connectivity index is 2.42. The zero-order valence-electron chi connectivity index (χ0n) is 8.21. The van der Waals surface area contributed by atoms with Crippen LogP contribution in [0.4, 0.5) is 0 Å². The molecule has 0 amide bonds. The molecule has 0 aromatic carbocycles. The van der Waals surface area contributed by atoms with Crippen molar-refractivity contribution in [2.75, 3.05) is 6.54 Å². The van der Waals surface area contributed by atoms with Crippen molar-refractivity contribution in [2.45, 2.75) is 32.7 Å². The number of rotatable bonds is 3. The molecule has 0 aliphatic carbocycles. The largest absolute Gasteiger partial charge is 0.478 e. The minimum Gasteiger partial charge on any atom is -0.478 e. The van der Waals surface area contributed by atoms with Crippen molar-refractivity contribution < 1.29 is 9.90 Å². The average molecular weight is 183 g/mol. The number of carboxylic acid groups (broad SMARTS) is 1. The average Bonchev–Trinajstić information content (AvgIpc) is 2.04. The van der Waals surface area contributed by atoms with Crippen LogP contribution in [0, 0.1) is 5.92 Å². The van der Waals surface area contributed by atoms with Gasteiger partial charge in [0.15, 0.2) is 0 Å². The Bertz CT molecular complexity index is 221. The lowest BCUT2D eigenvalue weighted by molar-refractivity contribution is -0.132. The highest BCUT2D eigenvalue weighted by molar-refractivity contribution is 5.87. The van der Waals surface area contributed by atoms with Crippen LogP contribution in [-0.4, -0.2) is 23.7 Å². The van der Waals surface area contributed by atoms with E-state index in [0.29, 0.717) is 24.1 Å². The summed E-state index contributed by atoms with van der Waals surface area (Å²) >= 11 is 0. The van der Waals surface area contributed by atoms with Gasteiger partial charge in [0.25, 0.3) is 0 Å². The Morgan fingerprint density at radius 1 is 1.77 bits per heavy atom. The minimum atomic E-state index is -0.796. The summed E-state index contributed by atoms with van der Waals surface area (Å²) in [6.45, 7) is 4.86. The molecule has 3 heteroatoms. The standard InChI is InChI=1S/C10H17NO2/c1-7(2)5-9-4-3-8(6-11-9)10(12)13/h3,7,9,11H,4-6H2,1-2H3,(H,12,13). The van der Waals surface area contributed by atoms with Gasteiger partial charge in [-0.2, -0.15) is 0 Å². The van der Waals surface area contributed by atoms with Crippen molar-refractivity contribution in [1.82, 2.24) is 5.32 Å². The topological polar surface area (TPSA) is 49.3 Å². The number of nitrogens with one attached hydrogen (secondary N) is 1. The minimum absolute atomic E-state index is 0.461. The maximum absolute atomic E-state index is 10.6. The summed E-state index contributed by atoms with van der Waals surface area (Å²) < 4.78 is 0. The molecule has 0 radical (unpaired) electrons. The second-order valence-electron chi connectivity index (χ2n) is 3.98. The van der Waals surface area contributed by atoms with Crippen molar-refractivity contribution in [2.24, 2.45) is 5.92 Å². The maximum Gasteiger partial charge on any atom is 0.332 e. The van der Waals surface area contributed by atoms with E-state index in [9.17, 15) is 4.79 Å². The van der Waals surface area contributed by atoms with Crippen molar-refractivity contribution in [3.05, 3.63) is 11.6 Å². The smallest absolute Gasteiger partial charge is 0.332 e. The van der Waals surface area contributed by atoms with Crippen molar-refractivity contribution >= 4 is 5.97 Å². The van der Waals surface area contributed by atoms with Crippen LogP contribution in [0.3, 0.4) is 0 Å². The van der Waals surface area contributed by atoms with Gasteiger partial charge < -0.3 is 10.4 Å². The summed E-state index contributed by atoms with van der Waals surface area (Å²) in [6.07, 6.45) is 3.80. The van der Waals surface area contributed by atoms with Crippen LogP contribution in [0.15, 0.2) is 11.6 Å². The molecule has 1 unspecified atom stereocenters. The molecule has 0 spiro atoms. The Morgan fingerprint density at radius 3 is 2.85 bits per heavy atom. The monoisotopic (exact) mass is 183 g/mol. The Kier molecular flexibility index (Phi) is 3.48. The van der Waals surface area contributed by atoms with Crippen molar-refractivity contribution in [1.29, 1.82) is 0 Å². The van der Waals surface area contributed by atoms with Gasteiger partial charge in [-0.05, 0) is 18.8 Å². The van der Waals surface area contributed by atoms with Crippen LogP contribution in [0.25, 0.3) is 0 Å². The lowest BCUT2D eigenvalue weighted by atomic mass is 9.97. The number of aliphatic carboxylic acids is 1. The number of hydrogen-bond acceptors (Lipinski definition) is 2. The predicted molar refractivity (Wildman–Crippen MR) is 51.6 cm³/mol. The highest BCUT2D eigenvalue weighted by atomic mass is 16.4. The van der Waals surface area contributed by atoms with Gasteiger partial charge in [-0.25, -0.2) is 4.79 Å². The molecule has 0 bridgehead atoms. The van der Waals surface area contributed by atoms with Gasteiger partial charge in [-0.15, -0.1) is 0 Å². The molecule has 3 nitrogen and oxygen atoms in total. The van der Waals surface area contributed by atoms with Gasteiger partial charge in [0, 0.05) is 18.2 Å². The fraction of sp³-hybridized carbons (Fsp3) is 0.700. The number of hydrogen-bond donors (Lipinski definition) is 2. The first kappa shape index (κ1) is 10.3. The first-order valence-electron chi connectivity index (χ1n) is 4.75. The molecule has 0 fully saturated rings. The van der Waals surface area contributed by atoms with Crippen molar-refractivity contribution in [3.8, 4) is 0 Å². The van der Waals surface area contributed by atoms with E-state index >= 15 is 0 Å². The van der Waals surface area contributed by atoms with E-state index in [-0.39, 0.29) is 0 Å². The highest BCUT2D eigenvalue weighted by Crippen LogP contribution is 2.13. The zero-order chi connectivity index (χ0) is 9.84. The third-order valence-corrected chi connectivity index (χ3v) is 2.26. The molecule has 0 saturated carbocycles. The quantitative estimate of drug-likeness (QED) is 0.695. The third-order valence-electron chi connectivity index (χ3n) is 2.26. The fourth-order valence-corrected chi connectivity index (χ4v) is 1.61. The molecule has 0 aromatic rings. The zero-order valence-corrected chi connectivity index (χ0v) is 8.21. The van der Waals surface area contributed by atoms with Crippen LogP contribution in [-0.2, 0) is 4.79 Å². The van der Waals surface area contributed by atoms with Crippen LogP contribution in [0.5, 0.6) is 0 Å². The Labute approximate surface area is 78.8 Å².